The molecule has 5 aromatic rings. The van der Waals surface area contributed by atoms with Crippen LogP contribution in [0.25, 0.3) is 22.2 Å². The molecule has 1 aromatic heterocycles. The minimum absolute atomic E-state index is 0.0652. The van der Waals surface area contributed by atoms with Gasteiger partial charge in [-0.15, -0.1) is 0 Å². The number of amides is 1. The largest absolute Gasteiger partial charge is 0.336 e. The number of hydrogen-bond acceptors (Lipinski definition) is 3. The summed E-state index contributed by atoms with van der Waals surface area (Å²) >= 11 is 3.56. The van der Waals surface area contributed by atoms with Crippen molar-refractivity contribution in [1.82, 2.24) is 14.8 Å². The zero-order valence-corrected chi connectivity index (χ0v) is 22.6. The minimum Gasteiger partial charge on any atom is -0.336 e. The fraction of sp³-hybridized carbons (Fsp3) is 0.152. The lowest BCUT2D eigenvalue weighted by molar-refractivity contribution is 0.0599. The molecule has 4 nitrogen and oxygen atoms in total. The van der Waals surface area contributed by atoms with E-state index in [4.69, 9.17) is 4.98 Å². The minimum atomic E-state index is 0.0652. The van der Waals surface area contributed by atoms with Crippen LogP contribution in [0.1, 0.15) is 27.5 Å². The summed E-state index contributed by atoms with van der Waals surface area (Å²) < 4.78 is 0.986. The van der Waals surface area contributed by atoms with Gasteiger partial charge in [0.15, 0.2) is 0 Å². The molecule has 0 N–H and O–H groups in total. The van der Waals surface area contributed by atoms with E-state index < -0.39 is 0 Å². The Kier molecular flexibility index (Phi) is 7.04. The molecule has 1 fully saturated rings. The number of aromatic nitrogens is 1. The van der Waals surface area contributed by atoms with E-state index in [9.17, 15) is 4.79 Å². The number of hydrogen-bond donors (Lipinski definition) is 0. The van der Waals surface area contributed by atoms with E-state index in [2.05, 4.69) is 81.5 Å². The van der Waals surface area contributed by atoms with Crippen molar-refractivity contribution in [1.29, 1.82) is 0 Å². The lowest BCUT2D eigenvalue weighted by atomic mass is 9.96. The molecule has 5 heteroatoms. The van der Waals surface area contributed by atoms with Gasteiger partial charge in [0.1, 0.15) is 0 Å². The van der Waals surface area contributed by atoms with Crippen LogP contribution in [0.3, 0.4) is 0 Å². The highest BCUT2D eigenvalue weighted by Gasteiger charge is 2.29. The molecular formula is C33H28BrN3O. The van der Waals surface area contributed by atoms with E-state index >= 15 is 0 Å². The Morgan fingerprint density at radius 3 is 2.00 bits per heavy atom. The van der Waals surface area contributed by atoms with Crippen LogP contribution in [-0.2, 0) is 0 Å². The van der Waals surface area contributed by atoms with Crippen molar-refractivity contribution in [3.8, 4) is 11.3 Å². The molecule has 0 aliphatic carbocycles. The number of rotatable bonds is 5. The molecule has 1 aliphatic heterocycles. The third-order valence-corrected chi connectivity index (χ3v) is 7.76. The Bertz CT molecular complexity index is 1520. The quantitative estimate of drug-likeness (QED) is 0.227. The Balaban J connectivity index is 1.28. The Labute approximate surface area is 231 Å². The predicted octanol–water partition coefficient (Wildman–Crippen LogP) is 7.21. The Morgan fingerprint density at radius 1 is 0.711 bits per heavy atom. The van der Waals surface area contributed by atoms with E-state index in [1.165, 1.54) is 11.1 Å². The van der Waals surface area contributed by atoms with Crippen molar-refractivity contribution >= 4 is 32.7 Å². The van der Waals surface area contributed by atoms with Crippen LogP contribution in [0.15, 0.2) is 120 Å². The Hall–Kier alpha value is -3.80. The molecule has 0 unspecified atom stereocenters. The van der Waals surface area contributed by atoms with Crippen molar-refractivity contribution in [2.45, 2.75) is 6.04 Å². The van der Waals surface area contributed by atoms with Gasteiger partial charge in [-0.3, -0.25) is 9.69 Å². The number of benzene rings is 4. The number of piperazine rings is 1. The summed E-state index contributed by atoms with van der Waals surface area (Å²) in [6, 6.07) is 39.4. The van der Waals surface area contributed by atoms with Crippen molar-refractivity contribution in [2.75, 3.05) is 26.2 Å². The smallest absolute Gasteiger partial charge is 0.254 e. The van der Waals surface area contributed by atoms with Gasteiger partial charge >= 0.3 is 0 Å². The second-order valence-electron chi connectivity index (χ2n) is 9.63. The lowest BCUT2D eigenvalue weighted by Gasteiger charge is -2.40. The van der Waals surface area contributed by atoms with E-state index in [1.807, 2.05) is 59.5 Å². The Morgan fingerprint density at radius 2 is 1.34 bits per heavy atom. The van der Waals surface area contributed by atoms with Gasteiger partial charge in [0.2, 0.25) is 0 Å². The zero-order valence-electron chi connectivity index (χ0n) is 21.0. The molecule has 188 valence electrons. The molecule has 1 aliphatic rings. The summed E-state index contributed by atoms with van der Waals surface area (Å²) in [4.78, 5) is 23.3. The first-order valence-corrected chi connectivity index (χ1v) is 13.8. The zero-order chi connectivity index (χ0) is 25.9. The summed E-state index contributed by atoms with van der Waals surface area (Å²) in [5.74, 6) is 0.0652. The number of halogens is 1. The summed E-state index contributed by atoms with van der Waals surface area (Å²) in [6.07, 6.45) is 0. The van der Waals surface area contributed by atoms with Crippen LogP contribution >= 0.6 is 15.9 Å². The SMILES string of the molecule is O=C(c1cc(-c2cccc(Br)c2)nc2ccccc12)N1CCN(C(c2ccccc2)c2ccccc2)CC1. The average molecular weight is 563 g/mol. The maximum Gasteiger partial charge on any atom is 0.254 e. The van der Waals surface area contributed by atoms with Crippen LogP contribution in [0.5, 0.6) is 0 Å². The first kappa shape index (κ1) is 24.5. The van der Waals surface area contributed by atoms with Gasteiger partial charge in [-0.2, -0.15) is 0 Å². The van der Waals surface area contributed by atoms with Gasteiger partial charge in [0, 0.05) is 41.6 Å². The summed E-state index contributed by atoms with van der Waals surface area (Å²) in [5.41, 5.74) is 5.88. The molecule has 0 spiro atoms. The highest BCUT2D eigenvalue weighted by Crippen LogP contribution is 2.31. The highest BCUT2D eigenvalue weighted by molar-refractivity contribution is 9.10. The third kappa shape index (κ3) is 5.00. The van der Waals surface area contributed by atoms with Crippen LogP contribution < -0.4 is 0 Å². The first-order chi connectivity index (χ1) is 18.7. The molecule has 2 heterocycles. The van der Waals surface area contributed by atoms with Gasteiger partial charge in [0.25, 0.3) is 5.91 Å². The number of fused-ring (bicyclic) bond motifs is 1. The number of pyridine rings is 1. The number of carbonyl (C=O) groups is 1. The number of nitrogens with zero attached hydrogens (tertiary/aromatic N) is 3. The molecule has 38 heavy (non-hydrogen) atoms. The lowest BCUT2D eigenvalue weighted by Crippen LogP contribution is -2.49. The summed E-state index contributed by atoms with van der Waals surface area (Å²) in [7, 11) is 0. The van der Waals surface area contributed by atoms with Gasteiger partial charge < -0.3 is 4.90 Å². The third-order valence-electron chi connectivity index (χ3n) is 7.26. The molecule has 4 aromatic carbocycles. The van der Waals surface area contributed by atoms with Crippen LogP contribution in [-0.4, -0.2) is 46.9 Å². The van der Waals surface area contributed by atoms with Crippen molar-refractivity contribution < 1.29 is 4.79 Å². The fourth-order valence-electron chi connectivity index (χ4n) is 5.39. The van der Waals surface area contributed by atoms with E-state index in [-0.39, 0.29) is 11.9 Å². The predicted molar refractivity (Wildman–Crippen MR) is 157 cm³/mol. The van der Waals surface area contributed by atoms with E-state index in [0.717, 1.165) is 39.7 Å². The standard InChI is InChI=1S/C33H28BrN3O/c34-27-15-9-14-26(22-27)31-23-29(28-16-7-8-17-30(28)35-31)33(38)37-20-18-36(19-21-37)32(24-10-3-1-4-11-24)25-12-5-2-6-13-25/h1-17,22-23,32H,18-21H2. The monoisotopic (exact) mass is 561 g/mol. The van der Waals surface area contributed by atoms with Crippen molar-refractivity contribution in [3.05, 3.63) is 136 Å². The van der Waals surface area contributed by atoms with E-state index in [0.29, 0.717) is 18.7 Å². The molecule has 1 amide bonds. The molecule has 0 radical (unpaired) electrons. The van der Waals surface area contributed by atoms with Crippen molar-refractivity contribution in [2.24, 2.45) is 0 Å². The number of carbonyl (C=O) groups excluding carboxylic acids is 1. The van der Waals surface area contributed by atoms with E-state index in [1.54, 1.807) is 0 Å². The molecule has 0 bridgehead atoms. The second-order valence-corrected chi connectivity index (χ2v) is 10.6. The molecule has 1 saturated heterocycles. The van der Waals surface area contributed by atoms with Crippen LogP contribution in [0.2, 0.25) is 0 Å². The molecule has 0 saturated carbocycles. The summed E-state index contributed by atoms with van der Waals surface area (Å²) in [6.45, 7) is 2.97. The van der Waals surface area contributed by atoms with Crippen LogP contribution in [0.4, 0.5) is 0 Å². The maximum atomic E-state index is 14.0. The number of para-hydroxylation sites is 1. The molecule has 6 rings (SSSR count). The fourth-order valence-corrected chi connectivity index (χ4v) is 5.79. The summed E-state index contributed by atoms with van der Waals surface area (Å²) in [5, 5.41) is 0.894. The molecule has 0 atom stereocenters. The van der Waals surface area contributed by atoms with Gasteiger partial charge in [-0.25, -0.2) is 4.98 Å². The second kappa shape index (κ2) is 10.9. The van der Waals surface area contributed by atoms with Gasteiger partial charge in [-0.05, 0) is 35.4 Å². The van der Waals surface area contributed by atoms with Crippen molar-refractivity contribution in [3.63, 3.8) is 0 Å². The van der Waals surface area contributed by atoms with Gasteiger partial charge in [0.05, 0.1) is 22.8 Å². The normalized spacial score (nSPS) is 14.2. The first-order valence-electron chi connectivity index (χ1n) is 13.0. The topological polar surface area (TPSA) is 36.4 Å². The highest BCUT2D eigenvalue weighted by atomic mass is 79.9. The average Bonchev–Trinajstić information content (AvgIpc) is 2.98. The van der Waals surface area contributed by atoms with Gasteiger partial charge in [-0.1, -0.05) is 107 Å². The van der Waals surface area contributed by atoms with Crippen LogP contribution in [0, 0.1) is 0 Å². The maximum absolute atomic E-state index is 14.0. The molecular weight excluding hydrogens is 534 g/mol.